The molecule has 3 N–H and O–H groups in total. The van der Waals surface area contributed by atoms with Gasteiger partial charge in [-0.25, -0.2) is 18.6 Å². The summed E-state index contributed by atoms with van der Waals surface area (Å²) in [6.45, 7) is 0. The van der Waals surface area contributed by atoms with Gasteiger partial charge in [-0.1, -0.05) is 6.07 Å². The second-order valence-corrected chi connectivity index (χ2v) is 4.25. The molecule has 0 fully saturated rings. The Bertz CT molecular complexity index is 659. The zero-order valence-electron chi connectivity index (χ0n) is 10.6. The molecular weight excluding hydrogens is 284 g/mol. The van der Waals surface area contributed by atoms with Crippen molar-refractivity contribution < 1.29 is 23.5 Å². The average molecular weight is 295 g/mol. The van der Waals surface area contributed by atoms with Crippen molar-refractivity contribution in [2.75, 3.05) is 0 Å². The highest BCUT2D eigenvalue weighted by Crippen LogP contribution is 2.11. The Hall–Kier alpha value is -2.77. The lowest BCUT2D eigenvalue weighted by molar-refractivity contribution is -0.139. The van der Waals surface area contributed by atoms with Crippen LogP contribution in [0.2, 0.25) is 0 Å². The quantitative estimate of drug-likeness (QED) is 0.770. The van der Waals surface area contributed by atoms with Crippen LogP contribution in [0.5, 0.6) is 0 Å². The second kappa shape index (κ2) is 6.12. The van der Waals surface area contributed by atoms with Crippen LogP contribution in [0.25, 0.3) is 0 Å². The zero-order chi connectivity index (χ0) is 15.4. The molecule has 0 spiro atoms. The lowest BCUT2D eigenvalue weighted by Gasteiger charge is -2.14. The minimum atomic E-state index is -1.32. The van der Waals surface area contributed by atoms with Crippen molar-refractivity contribution in [3.8, 4) is 0 Å². The van der Waals surface area contributed by atoms with E-state index in [1.54, 1.807) is 0 Å². The first-order valence-electron chi connectivity index (χ1n) is 5.94. The molecule has 0 aliphatic heterocycles. The highest BCUT2D eigenvalue weighted by Gasteiger charge is 2.24. The van der Waals surface area contributed by atoms with Gasteiger partial charge in [0.15, 0.2) is 11.6 Å². The maximum Gasteiger partial charge on any atom is 0.326 e. The summed E-state index contributed by atoms with van der Waals surface area (Å²) in [6, 6.07) is 1.81. The SMILES string of the molecule is O=C(NC(Cc1cnc[nH]1)C(=O)O)c1cccc(F)c1F. The molecular formula is C13H11F2N3O3. The van der Waals surface area contributed by atoms with Gasteiger partial charge in [0.25, 0.3) is 5.91 Å². The van der Waals surface area contributed by atoms with E-state index in [1.807, 2.05) is 0 Å². The lowest BCUT2D eigenvalue weighted by atomic mass is 10.1. The number of nitrogens with zero attached hydrogens (tertiary/aromatic N) is 1. The third-order valence-corrected chi connectivity index (χ3v) is 2.78. The predicted octanol–water partition coefficient (Wildman–Crippen LogP) is 1.11. The highest BCUT2D eigenvalue weighted by molar-refractivity contribution is 5.96. The van der Waals surface area contributed by atoms with Crippen LogP contribution in [0.1, 0.15) is 16.1 Å². The van der Waals surface area contributed by atoms with Gasteiger partial charge >= 0.3 is 5.97 Å². The van der Waals surface area contributed by atoms with Crippen molar-refractivity contribution in [2.24, 2.45) is 0 Å². The van der Waals surface area contributed by atoms with E-state index in [1.165, 1.54) is 12.5 Å². The van der Waals surface area contributed by atoms with Gasteiger partial charge in [0.1, 0.15) is 6.04 Å². The van der Waals surface area contributed by atoms with Crippen LogP contribution in [-0.2, 0) is 11.2 Å². The molecule has 0 saturated carbocycles. The van der Waals surface area contributed by atoms with E-state index < -0.39 is 35.1 Å². The normalized spacial score (nSPS) is 11.9. The van der Waals surface area contributed by atoms with Crippen LogP contribution < -0.4 is 5.32 Å². The molecule has 1 unspecified atom stereocenters. The van der Waals surface area contributed by atoms with Gasteiger partial charge in [-0.15, -0.1) is 0 Å². The number of imidazole rings is 1. The number of nitrogens with one attached hydrogen (secondary N) is 2. The Morgan fingerprint density at radius 1 is 1.38 bits per heavy atom. The van der Waals surface area contributed by atoms with E-state index in [9.17, 15) is 18.4 Å². The Labute approximate surface area is 117 Å². The number of aliphatic carboxylic acids is 1. The molecule has 0 aliphatic rings. The summed E-state index contributed by atoms with van der Waals surface area (Å²) in [5, 5.41) is 11.2. The van der Waals surface area contributed by atoms with Crippen LogP contribution in [0.15, 0.2) is 30.7 Å². The fraction of sp³-hybridized carbons (Fsp3) is 0.154. The summed E-state index contributed by atoms with van der Waals surface area (Å²) < 4.78 is 26.5. The molecule has 8 heteroatoms. The van der Waals surface area contributed by atoms with Gasteiger partial charge in [0, 0.05) is 18.3 Å². The Balaban J connectivity index is 2.15. The molecule has 1 heterocycles. The van der Waals surface area contributed by atoms with Crippen molar-refractivity contribution in [1.29, 1.82) is 0 Å². The molecule has 1 amide bonds. The number of carbonyl (C=O) groups excluding carboxylic acids is 1. The van der Waals surface area contributed by atoms with E-state index in [0.29, 0.717) is 5.69 Å². The monoisotopic (exact) mass is 295 g/mol. The van der Waals surface area contributed by atoms with Crippen molar-refractivity contribution in [2.45, 2.75) is 12.5 Å². The van der Waals surface area contributed by atoms with E-state index in [0.717, 1.165) is 18.2 Å². The largest absolute Gasteiger partial charge is 0.480 e. The Morgan fingerprint density at radius 3 is 2.76 bits per heavy atom. The number of carbonyl (C=O) groups is 2. The van der Waals surface area contributed by atoms with Gasteiger partial charge < -0.3 is 15.4 Å². The average Bonchev–Trinajstić information content (AvgIpc) is 2.93. The number of benzene rings is 1. The van der Waals surface area contributed by atoms with Crippen LogP contribution in [0.3, 0.4) is 0 Å². The Kier molecular flexibility index (Phi) is 4.27. The molecule has 0 bridgehead atoms. The molecule has 1 aromatic heterocycles. The molecule has 1 atom stereocenters. The summed E-state index contributed by atoms with van der Waals surface area (Å²) in [5.74, 6) is -4.79. The molecule has 2 rings (SSSR count). The minimum Gasteiger partial charge on any atom is -0.480 e. The number of carboxylic acid groups (broad SMARTS) is 1. The van der Waals surface area contributed by atoms with Crippen LogP contribution in [0, 0.1) is 11.6 Å². The standard InChI is InChI=1S/C13H11F2N3O3/c14-9-3-1-2-8(11(9)15)12(19)18-10(13(20)21)4-7-5-16-6-17-7/h1-3,5-6,10H,4H2,(H,16,17)(H,18,19)(H,20,21). The number of aromatic nitrogens is 2. The zero-order valence-corrected chi connectivity index (χ0v) is 10.6. The van der Waals surface area contributed by atoms with Gasteiger partial charge in [-0.05, 0) is 12.1 Å². The van der Waals surface area contributed by atoms with Gasteiger partial charge in [-0.2, -0.15) is 0 Å². The lowest BCUT2D eigenvalue weighted by Crippen LogP contribution is -2.42. The van der Waals surface area contributed by atoms with Gasteiger partial charge in [0.2, 0.25) is 0 Å². The van der Waals surface area contributed by atoms with E-state index in [-0.39, 0.29) is 6.42 Å². The number of H-pyrrole nitrogens is 1. The van der Waals surface area contributed by atoms with Crippen molar-refractivity contribution in [3.05, 3.63) is 53.6 Å². The third kappa shape index (κ3) is 3.41. The maximum absolute atomic E-state index is 13.5. The highest BCUT2D eigenvalue weighted by atomic mass is 19.2. The van der Waals surface area contributed by atoms with Gasteiger partial charge in [0.05, 0.1) is 11.9 Å². The van der Waals surface area contributed by atoms with Crippen molar-refractivity contribution >= 4 is 11.9 Å². The molecule has 2 aromatic rings. The van der Waals surface area contributed by atoms with Crippen LogP contribution >= 0.6 is 0 Å². The smallest absolute Gasteiger partial charge is 0.326 e. The fourth-order valence-corrected chi connectivity index (χ4v) is 1.73. The third-order valence-electron chi connectivity index (χ3n) is 2.78. The summed E-state index contributed by atoms with van der Waals surface area (Å²) in [4.78, 5) is 29.4. The molecule has 21 heavy (non-hydrogen) atoms. The maximum atomic E-state index is 13.5. The number of halogens is 2. The number of aromatic amines is 1. The number of hydrogen-bond acceptors (Lipinski definition) is 3. The minimum absolute atomic E-state index is 0.0575. The summed E-state index contributed by atoms with van der Waals surface area (Å²) >= 11 is 0. The van der Waals surface area contributed by atoms with E-state index in [4.69, 9.17) is 5.11 Å². The number of carboxylic acids is 1. The molecule has 1 aromatic carbocycles. The predicted molar refractivity (Wildman–Crippen MR) is 67.5 cm³/mol. The summed E-state index contributed by atoms with van der Waals surface area (Å²) in [6.07, 6.45) is 2.71. The molecule has 0 radical (unpaired) electrons. The first-order chi connectivity index (χ1) is 9.99. The van der Waals surface area contributed by atoms with Crippen molar-refractivity contribution in [3.63, 3.8) is 0 Å². The molecule has 0 aliphatic carbocycles. The Morgan fingerprint density at radius 2 is 2.14 bits per heavy atom. The van der Waals surface area contributed by atoms with E-state index in [2.05, 4.69) is 15.3 Å². The first kappa shape index (κ1) is 14.6. The topological polar surface area (TPSA) is 95.1 Å². The number of rotatable bonds is 5. The van der Waals surface area contributed by atoms with E-state index >= 15 is 0 Å². The van der Waals surface area contributed by atoms with Crippen LogP contribution in [0.4, 0.5) is 8.78 Å². The van der Waals surface area contributed by atoms with Crippen LogP contribution in [-0.4, -0.2) is 33.0 Å². The molecule has 110 valence electrons. The summed E-state index contributed by atoms with van der Waals surface area (Å²) in [5.41, 5.74) is -0.0618. The first-order valence-corrected chi connectivity index (χ1v) is 5.94. The molecule has 0 saturated heterocycles. The fourth-order valence-electron chi connectivity index (χ4n) is 1.73. The van der Waals surface area contributed by atoms with Crippen molar-refractivity contribution in [1.82, 2.24) is 15.3 Å². The number of amides is 1. The molecule has 6 nitrogen and oxygen atoms in total. The summed E-state index contributed by atoms with van der Waals surface area (Å²) in [7, 11) is 0. The second-order valence-electron chi connectivity index (χ2n) is 4.25. The number of hydrogen-bond donors (Lipinski definition) is 3. The van der Waals surface area contributed by atoms with Gasteiger partial charge in [-0.3, -0.25) is 4.79 Å².